The number of fused-ring (bicyclic) bond motifs is 1. The SMILES string of the molecule is CCCOc1ncc(S(=O)(=O)N2CCN(CC)CC2)cc1-c1nc2c(CC)n(CCN(C)C(=O)OC(C)(C)C)nc2c(=O)[nH]1. The first-order valence-electron chi connectivity index (χ1n) is 15.1. The van der Waals surface area contributed by atoms with Crippen molar-refractivity contribution in [1.82, 2.24) is 38.8 Å². The predicted octanol–water partition coefficient (Wildman–Crippen LogP) is 2.73. The Morgan fingerprint density at radius 3 is 2.43 bits per heavy atom. The summed E-state index contributed by atoms with van der Waals surface area (Å²) in [5.74, 6) is 0.308. The van der Waals surface area contributed by atoms with E-state index in [-0.39, 0.29) is 27.7 Å². The van der Waals surface area contributed by atoms with Gasteiger partial charge in [-0.05, 0) is 46.2 Å². The smallest absolute Gasteiger partial charge is 0.410 e. The molecule has 0 aromatic carbocycles. The maximum Gasteiger partial charge on any atom is 0.410 e. The lowest BCUT2D eigenvalue weighted by Gasteiger charge is -2.33. The van der Waals surface area contributed by atoms with Gasteiger partial charge in [0, 0.05) is 39.8 Å². The molecule has 0 radical (unpaired) electrons. The standard InChI is InChI=1S/C29H44N8O6S/c1-8-17-42-27-21(18-20(19-30-27)44(40,41)36-14-12-35(10-3)13-15-36)25-31-23-22(9-2)37(33-24(23)26(38)32-25)16-11-34(7)28(39)43-29(4,5)6/h18-19H,8-17H2,1-7H3,(H,31,32,38). The van der Waals surface area contributed by atoms with Gasteiger partial charge in [-0.15, -0.1) is 0 Å². The molecular formula is C29H44N8O6S. The van der Waals surface area contributed by atoms with Gasteiger partial charge in [-0.3, -0.25) is 9.48 Å². The Labute approximate surface area is 258 Å². The molecule has 0 bridgehead atoms. The normalized spacial score (nSPS) is 15.1. The Morgan fingerprint density at radius 2 is 1.82 bits per heavy atom. The molecule has 3 aromatic heterocycles. The van der Waals surface area contributed by atoms with Crippen molar-refractivity contribution < 1.29 is 22.7 Å². The zero-order valence-electron chi connectivity index (χ0n) is 26.7. The summed E-state index contributed by atoms with van der Waals surface area (Å²) in [7, 11) is -2.21. The quantitative estimate of drug-likeness (QED) is 0.334. The van der Waals surface area contributed by atoms with Crippen molar-refractivity contribution in [3.8, 4) is 17.3 Å². The number of hydrogen-bond acceptors (Lipinski definition) is 10. The molecule has 1 N–H and O–H groups in total. The second-order valence-electron chi connectivity index (χ2n) is 11.7. The number of piperazine rings is 1. The highest BCUT2D eigenvalue weighted by atomic mass is 32.2. The Kier molecular flexibility index (Phi) is 10.3. The lowest BCUT2D eigenvalue weighted by Crippen LogP contribution is -2.48. The third-order valence-electron chi connectivity index (χ3n) is 7.33. The molecule has 44 heavy (non-hydrogen) atoms. The molecule has 0 atom stereocenters. The fourth-order valence-electron chi connectivity index (χ4n) is 4.90. The third-order valence-corrected chi connectivity index (χ3v) is 9.19. The molecule has 3 aromatic rings. The van der Waals surface area contributed by atoms with E-state index in [0.29, 0.717) is 69.9 Å². The van der Waals surface area contributed by atoms with E-state index in [1.54, 1.807) is 32.5 Å². The summed E-state index contributed by atoms with van der Waals surface area (Å²) in [5.41, 5.74) is 0.396. The largest absolute Gasteiger partial charge is 0.477 e. The molecule has 1 amide bonds. The average Bonchev–Trinajstić information content (AvgIpc) is 3.35. The van der Waals surface area contributed by atoms with Gasteiger partial charge in [-0.2, -0.15) is 9.40 Å². The number of aryl methyl sites for hydroxylation is 1. The summed E-state index contributed by atoms with van der Waals surface area (Å²) < 4.78 is 41.6. The van der Waals surface area contributed by atoms with Crippen molar-refractivity contribution in [2.75, 3.05) is 52.9 Å². The van der Waals surface area contributed by atoms with Crippen LogP contribution in [0.25, 0.3) is 22.4 Å². The lowest BCUT2D eigenvalue weighted by molar-refractivity contribution is 0.0292. The van der Waals surface area contributed by atoms with Crippen molar-refractivity contribution >= 4 is 27.1 Å². The minimum Gasteiger partial charge on any atom is -0.477 e. The van der Waals surface area contributed by atoms with E-state index in [1.165, 1.54) is 21.5 Å². The summed E-state index contributed by atoms with van der Waals surface area (Å²) >= 11 is 0. The van der Waals surface area contributed by atoms with Crippen LogP contribution in [0.5, 0.6) is 5.88 Å². The molecule has 0 saturated carbocycles. The third kappa shape index (κ3) is 7.38. The molecule has 14 nitrogen and oxygen atoms in total. The van der Waals surface area contributed by atoms with Gasteiger partial charge in [0.1, 0.15) is 21.8 Å². The number of nitrogens with one attached hydrogen (secondary N) is 1. The number of aromatic amines is 1. The molecule has 1 saturated heterocycles. The number of nitrogens with zero attached hydrogens (tertiary/aromatic N) is 7. The second-order valence-corrected chi connectivity index (χ2v) is 13.7. The number of H-pyrrole nitrogens is 1. The number of amides is 1. The fourth-order valence-corrected chi connectivity index (χ4v) is 6.29. The fraction of sp³-hybridized carbons (Fsp3) is 0.621. The molecule has 15 heteroatoms. The molecule has 4 rings (SSSR count). The molecular weight excluding hydrogens is 588 g/mol. The van der Waals surface area contributed by atoms with E-state index in [0.717, 1.165) is 6.54 Å². The van der Waals surface area contributed by atoms with Crippen LogP contribution in [0.4, 0.5) is 4.79 Å². The van der Waals surface area contributed by atoms with Gasteiger partial charge in [0.15, 0.2) is 5.52 Å². The van der Waals surface area contributed by atoms with Crippen molar-refractivity contribution in [2.45, 2.75) is 71.4 Å². The van der Waals surface area contributed by atoms with Gasteiger partial charge in [-0.1, -0.05) is 20.8 Å². The minimum atomic E-state index is -3.85. The molecule has 0 spiro atoms. The van der Waals surface area contributed by atoms with Crippen LogP contribution in [0.3, 0.4) is 0 Å². The summed E-state index contributed by atoms with van der Waals surface area (Å²) in [6.45, 7) is 15.2. The minimum absolute atomic E-state index is 0.000586. The second kappa shape index (κ2) is 13.6. The number of carbonyl (C=O) groups excluding carboxylic acids is 1. The van der Waals surface area contributed by atoms with E-state index in [1.807, 2.05) is 13.8 Å². The van der Waals surface area contributed by atoms with Crippen LogP contribution in [-0.2, 0) is 27.7 Å². The van der Waals surface area contributed by atoms with Crippen LogP contribution >= 0.6 is 0 Å². The summed E-state index contributed by atoms with van der Waals surface area (Å²) in [6, 6.07) is 1.47. The van der Waals surface area contributed by atoms with Crippen molar-refractivity contribution in [3.63, 3.8) is 0 Å². The molecule has 1 aliphatic heterocycles. The first-order chi connectivity index (χ1) is 20.8. The highest BCUT2D eigenvalue weighted by molar-refractivity contribution is 7.89. The average molecular weight is 633 g/mol. The monoisotopic (exact) mass is 632 g/mol. The molecule has 0 unspecified atom stereocenters. The van der Waals surface area contributed by atoms with Crippen molar-refractivity contribution in [1.29, 1.82) is 0 Å². The van der Waals surface area contributed by atoms with Crippen LogP contribution in [0, 0.1) is 0 Å². The highest BCUT2D eigenvalue weighted by Gasteiger charge is 2.30. The van der Waals surface area contributed by atoms with Gasteiger partial charge in [0.05, 0.1) is 30.6 Å². The molecule has 0 aliphatic carbocycles. The van der Waals surface area contributed by atoms with Gasteiger partial charge in [-0.25, -0.2) is 23.2 Å². The van der Waals surface area contributed by atoms with Gasteiger partial charge in [0.25, 0.3) is 5.56 Å². The maximum atomic E-state index is 13.6. The maximum absolute atomic E-state index is 13.6. The summed E-state index contributed by atoms with van der Waals surface area (Å²) in [5, 5.41) is 4.51. The van der Waals surface area contributed by atoms with Gasteiger partial charge < -0.3 is 24.3 Å². The highest BCUT2D eigenvalue weighted by Crippen LogP contribution is 2.30. The Bertz CT molecular complexity index is 1640. The number of aromatic nitrogens is 5. The summed E-state index contributed by atoms with van der Waals surface area (Å²) in [4.78, 5) is 41.3. The zero-order chi connectivity index (χ0) is 32.2. The lowest BCUT2D eigenvalue weighted by atomic mass is 10.2. The van der Waals surface area contributed by atoms with E-state index in [9.17, 15) is 18.0 Å². The predicted molar refractivity (Wildman–Crippen MR) is 166 cm³/mol. The van der Waals surface area contributed by atoms with Crippen LogP contribution in [0.1, 0.15) is 53.7 Å². The van der Waals surface area contributed by atoms with E-state index in [4.69, 9.17) is 14.5 Å². The number of likely N-dealkylation sites (N-methyl/N-ethyl adjacent to an activating group) is 2. The summed E-state index contributed by atoms with van der Waals surface area (Å²) in [6.07, 6.45) is 2.05. The van der Waals surface area contributed by atoms with Crippen molar-refractivity contribution in [3.05, 3.63) is 28.3 Å². The first-order valence-corrected chi connectivity index (χ1v) is 16.5. The number of carbonyl (C=O) groups is 1. The van der Waals surface area contributed by atoms with Gasteiger partial charge in [0.2, 0.25) is 15.9 Å². The van der Waals surface area contributed by atoms with E-state index >= 15 is 0 Å². The Morgan fingerprint density at radius 1 is 1.11 bits per heavy atom. The number of pyridine rings is 1. The van der Waals surface area contributed by atoms with E-state index < -0.39 is 27.3 Å². The van der Waals surface area contributed by atoms with Crippen LogP contribution in [0.2, 0.25) is 0 Å². The topological polar surface area (TPSA) is 156 Å². The molecule has 4 heterocycles. The van der Waals surface area contributed by atoms with E-state index in [2.05, 4.69) is 26.9 Å². The number of sulfonamides is 1. The molecule has 1 fully saturated rings. The number of rotatable bonds is 11. The molecule has 242 valence electrons. The Hall–Kier alpha value is -3.56. The van der Waals surface area contributed by atoms with Crippen LogP contribution < -0.4 is 10.3 Å². The van der Waals surface area contributed by atoms with Gasteiger partial charge >= 0.3 is 6.09 Å². The van der Waals surface area contributed by atoms with Crippen LogP contribution in [0.15, 0.2) is 22.0 Å². The number of ether oxygens (including phenoxy) is 2. The Balaban J connectivity index is 1.71. The number of hydrogen-bond donors (Lipinski definition) is 1. The molecule has 1 aliphatic rings. The first kappa shape index (κ1) is 33.3. The van der Waals surface area contributed by atoms with Crippen molar-refractivity contribution in [2.24, 2.45) is 0 Å². The zero-order valence-corrected chi connectivity index (χ0v) is 27.5. The van der Waals surface area contributed by atoms with Crippen LogP contribution in [-0.4, -0.2) is 112 Å².